The van der Waals surface area contributed by atoms with E-state index in [1.165, 1.54) is 14.2 Å². The van der Waals surface area contributed by atoms with Crippen LogP contribution in [-0.2, 0) is 19.1 Å². The summed E-state index contributed by atoms with van der Waals surface area (Å²) >= 11 is 0. The van der Waals surface area contributed by atoms with Crippen LogP contribution in [0.15, 0.2) is 0 Å². The fourth-order valence-corrected chi connectivity index (χ4v) is 1.34. The number of hydrogen-bond acceptors (Lipinski definition) is 4. The summed E-state index contributed by atoms with van der Waals surface area (Å²) in [6.07, 6.45) is 2.73. The third kappa shape index (κ3) is 11.7. The van der Waals surface area contributed by atoms with Gasteiger partial charge in [0.2, 0.25) is 0 Å². The second-order valence-electron chi connectivity index (χ2n) is 4.06. The molecule has 6 nitrogen and oxygen atoms in total. The number of aliphatic carboxylic acids is 2. The van der Waals surface area contributed by atoms with Crippen molar-refractivity contribution in [3.8, 4) is 0 Å². The van der Waals surface area contributed by atoms with Crippen molar-refractivity contribution in [2.75, 3.05) is 14.2 Å². The predicted octanol–water partition coefficient (Wildman–Crippen LogP) is 2.16. The molecule has 0 aliphatic carbocycles. The monoisotopic (exact) mass is 278 g/mol. The summed E-state index contributed by atoms with van der Waals surface area (Å²) in [5.41, 5.74) is 0. The number of methoxy groups -OCH3 is 2. The minimum Gasteiger partial charge on any atom is -0.479 e. The van der Waals surface area contributed by atoms with Crippen molar-refractivity contribution in [3.63, 3.8) is 0 Å². The molecule has 6 heteroatoms. The zero-order chi connectivity index (χ0) is 15.3. The second-order valence-corrected chi connectivity index (χ2v) is 4.06. The summed E-state index contributed by atoms with van der Waals surface area (Å²) in [5.74, 6) is -1.74. The van der Waals surface area contributed by atoms with E-state index in [0.29, 0.717) is 12.8 Å². The predicted molar refractivity (Wildman–Crippen MR) is 71.3 cm³/mol. The molecule has 0 heterocycles. The molecular weight excluding hydrogens is 252 g/mol. The Morgan fingerprint density at radius 1 is 0.895 bits per heavy atom. The minimum absolute atomic E-state index is 0.589. The van der Waals surface area contributed by atoms with E-state index in [1.807, 2.05) is 13.8 Å². The van der Waals surface area contributed by atoms with Crippen molar-refractivity contribution in [2.45, 2.75) is 58.2 Å². The molecular formula is C13H26O6. The fraction of sp³-hybridized carbons (Fsp3) is 0.846. The Labute approximate surface area is 114 Å². The van der Waals surface area contributed by atoms with E-state index in [2.05, 4.69) is 4.74 Å². The van der Waals surface area contributed by atoms with Crippen molar-refractivity contribution in [1.82, 2.24) is 0 Å². The maximum atomic E-state index is 10.3. The summed E-state index contributed by atoms with van der Waals surface area (Å²) in [7, 11) is 2.84. The summed E-state index contributed by atoms with van der Waals surface area (Å²) in [4.78, 5) is 20.5. The van der Waals surface area contributed by atoms with Gasteiger partial charge in [-0.3, -0.25) is 0 Å². The molecule has 2 atom stereocenters. The van der Waals surface area contributed by atoms with Crippen LogP contribution in [0.3, 0.4) is 0 Å². The highest BCUT2D eigenvalue weighted by Gasteiger charge is 2.14. The van der Waals surface area contributed by atoms with Crippen LogP contribution < -0.4 is 0 Å². The lowest BCUT2D eigenvalue weighted by Gasteiger charge is -2.07. The van der Waals surface area contributed by atoms with Crippen LogP contribution in [0.25, 0.3) is 0 Å². The molecule has 0 aromatic rings. The molecule has 0 bridgehead atoms. The van der Waals surface area contributed by atoms with E-state index in [9.17, 15) is 9.59 Å². The lowest BCUT2D eigenvalue weighted by Crippen LogP contribution is -2.21. The van der Waals surface area contributed by atoms with Gasteiger partial charge in [0.25, 0.3) is 0 Å². The van der Waals surface area contributed by atoms with Crippen molar-refractivity contribution in [2.24, 2.45) is 0 Å². The van der Waals surface area contributed by atoms with E-state index in [-0.39, 0.29) is 0 Å². The normalized spacial score (nSPS) is 13.1. The Balaban J connectivity index is 0. The molecule has 2 N–H and O–H groups in total. The molecule has 19 heavy (non-hydrogen) atoms. The number of unbranched alkanes of at least 4 members (excludes halogenated alkanes) is 1. The van der Waals surface area contributed by atoms with E-state index in [0.717, 1.165) is 19.3 Å². The molecule has 0 aliphatic heterocycles. The highest BCUT2D eigenvalue weighted by Crippen LogP contribution is 2.03. The Hall–Kier alpha value is -1.14. The smallest absolute Gasteiger partial charge is 0.332 e. The Bertz CT molecular complexity index is 241. The summed E-state index contributed by atoms with van der Waals surface area (Å²) in [6.45, 7) is 3.95. The lowest BCUT2D eigenvalue weighted by molar-refractivity contribution is -0.149. The number of hydrogen-bond donors (Lipinski definition) is 2. The first-order valence-electron chi connectivity index (χ1n) is 6.45. The van der Waals surface area contributed by atoms with Crippen LogP contribution in [0.2, 0.25) is 0 Å². The molecule has 0 aliphatic rings. The van der Waals surface area contributed by atoms with Gasteiger partial charge in [-0.15, -0.1) is 0 Å². The van der Waals surface area contributed by atoms with E-state index in [4.69, 9.17) is 14.9 Å². The molecule has 114 valence electrons. The molecule has 0 fully saturated rings. The molecule has 0 rings (SSSR count). The maximum absolute atomic E-state index is 10.3. The highest BCUT2D eigenvalue weighted by molar-refractivity contribution is 5.72. The van der Waals surface area contributed by atoms with Gasteiger partial charge in [0.05, 0.1) is 0 Å². The number of carboxylic acid groups (broad SMARTS) is 2. The van der Waals surface area contributed by atoms with Gasteiger partial charge in [-0.2, -0.15) is 0 Å². The topological polar surface area (TPSA) is 93.1 Å². The maximum Gasteiger partial charge on any atom is 0.332 e. The van der Waals surface area contributed by atoms with E-state index >= 15 is 0 Å². The van der Waals surface area contributed by atoms with Crippen LogP contribution in [0.1, 0.15) is 46.0 Å². The van der Waals surface area contributed by atoms with Crippen LogP contribution in [0.5, 0.6) is 0 Å². The number of rotatable bonds is 9. The second kappa shape index (κ2) is 13.3. The van der Waals surface area contributed by atoms with Gasteiger partial charge < -0.3 is 19.7 Å². The molecule has 2 unspecified atom stereocenters. The standard InChI is InChI=1S/C7H14O3.C6H12O3/c1-3-4-5-6(10-2)7(8)9;1-3-4-5(9-2)6(7)8/h6H,3-5H2,1-2H3,(H,8,9);5H,3-4H2,1-2H3,(H,7,8). The Morgan fingerprint density at radius 3 is 1.53 bits per heavy atom. The SMILES string of the molecule is CCCC(OC)C(=O)O.CCCCC(OC)C(=O)O. The number of carbonyl (C=O) groups is 2. The minimum atomic E-state index is -0.876. The molecule has 0 saturated heterocycles. The first-order chi connectivity index (χ1) is 8.94. The van der Waals surface area contributed by atoms with E-state index < -0.39 is 24.1 Å². The van der Waals surface area contributed by atoms with Crippen LogP contribution in [-0.4, -0.2) is 48.6 Å². The van der Waals surface area contributed by atoms with Gasteiger partial charge in [0.15, 0.2) is 12.2 Å². The molecule has 0 saturated carbocycles. The average Bonchev–Trinajstić information content (AvgIpc) is 2.36. The van der Waals surface area contributed by atoms with Crippen LogP contribution in [0, 0.1) is 0 Å². The van der Waals surface area contributed by atoms with Gasteiger partial charge in [-0.25, -0.2) is 9.59 Å². The molecule has 0 aromatic heterocycles. The number of carboxylic acids is 2. The van der Waals surface area contributed by atoms with Gasteiger partial charge in [-0.05, 0) is 12.8 Å². The van der Waals surface area contributed by atoms with Gasteiger partial charge in [-0.1, -0.05) is 33.1 Å². The molecule has 0 aromatic carbocycles. The highest BCUT2D eigenvalue weighted by atomic mass is 16.5. The van der Waals surface area contributed by atoms with E-state index in [1.54, 1.807) is 0 Å². The first kappa shape index (κ1) is 20.2. The number of ether oxygens (including phenoxy) is 2. The van der Waals surface area contributed by atoms with Crippen molar-refractivity contribution < 1.29 is 29.3 Å². The van der Waals surface area contributed by atoms with Crippen LogP contribution in [0.4, 0.5) is 0 Å². The quantitative estimate of drug-likeness (QED) is 0.671. The third-order valence-corrected chi connectivity index (χ3v) is 2.49. The van der Waals surface area contributed by atoms with Gasteiger partial charge >= 0.3 is 11.9 Å². The zero-order valence-corrected chi connectivity index (χ0v) is 12.2. The van der Waals surface area contributed by atoms with Crippen LogP contribution >= 0.6 is 0 Å². The van der Waals surface area contributed by atoms with Crippen molar-refractivity contribution in [1.29, 1.82) is 0 Å². The largest absolute Gasteiger partial charge is 0.479 e. The van der Waals surface area contributed by atoms with Crippen molar-refractivity contribution in [3.05, 3.63) is 0 Å². The molecule has 0 amide bonds. The fourth-order valence-electron chi connectivity index (χ4n) is 1.34. The molecule has 0 spiro atoms. The Kier molecular flexibility index (Phi) is 14.1. The lowest BCUT2D eigenvalue weighted by atomic mass is 10.2. The third-order valence-electron chi connectivity index (χ3n) is 2.49. The summed E-state index contributed by atoms with van der Waals surface area (Å²) in [6, 6.07) is 0. The van der Waals surface area contributed by atoms with Gasteiger partial charge in [0.1, 0.15) is 0 Å². The molecule has 0 radical (unpaired) electrons. The zero-order valence-electron chi connectivity index (χ0n) is 12.2. The average molecular weight is 278 g/mol. The Morgan fingerprint density at radius 2 is 1.32 bits per heavy atom. The van der Waals surface area contributed by atoms with Gasteiger partial charge in [0, 0.05) is 14.2 Å². The van der Waals surface area contributed by atoms with Crippen molar-refractivity contribution >= 4 is 11.9 Å². The summed E-state index contributed by atoms with van der Waals surface area (Å²) < 4.78 is 9.37. The first-order valence-corrected chi connectivity index (χ1v) is 6.45. The summed E-state index contributed by atoms with van der Waals surface area (Å²) in [5, 5.41) is 16.9.